The zero-order valence-electron chi connectivity index (χ0n) is 19.7. The normalized spacial score (nSPS) is 14.5. The highest BCUT2D eigenvalue weighted by Crippen LogP contribution is 2.27. The number of benzene rings is 3. The van der Waals surface area contributed by atoms with Crippen molar-refractivity contribution in [1.82, 2.24) is 4.90 Å². The van der Waals surface area contributed by atoms with Crippen LogP contribution in [0.25, 0.3) is 0 Å². The van der Waals surface area contributed by atoms with Crippen molar-refractivity contribution in [2.24, 2.45) is 5.16 Å². The zero-order valence-corrected chi connectivity index (χ0v) is 19.7. The van der Waals surface area contributed by atoms with Gasteiger partial charge in [-0.25, -0.2) is 0 Å². The van der Waals surface area contributed by atoms with Gasteiger partial charge < -0.3 is 14.5 Å². The minimum absolute atomic E-state index is 0.120. The lowest BCUT2D eigenvalue weighted by molar-refractivity contribution is -0.274. The van der Waals surface area contributed by atoms with Crippen LogP contribution >= 0.6 is 0 Å². The molecule has 188 valence electrons. The fourth-order valence-corrected chi connectivity index (χ4v) is 4.07. The molecule has 1 heterocycles. The number of carbonyl (C=O) groups is 1. The molecule has 0 atom stereocenters. The van der Waals surface area contributed by atoms with Crippen molar-refractivity contribution in [2.75, 3.05) is 19.6 Å². The summed E-state index contributed by atoms with van der Waals surface area (Å²) in [7, 11) is 0. The van der Waals surface area contributed by atoms with Crippen LogP contribution in [0.5, 0.6) is 5.75 Å². The molecule has 8 heteroatoms. The smallest absolute Gasteiger partial charge is 0.406 e. The van der Waals surface area contributed by atoms with E-state index in [9.17, 15) is 18.0 Å². The molecule has 1 saturated heterocycles. The molecule has 36 heavy (non-hydrogen) atoms. The number of ketones is 1. The van der Waals surface area contributed by atoms with Crippen LogP contribution in [0.3, 0.4) is 0 Å². The molecule has 0 unspecified atom stereocenters. The summed E-state index contributed by atoms with van der Waals surface area (Å²) in [5, 5.41) is 4.48. The van der Waals surface area contributed by atoms with Gasteiger partial charge in [-0.1, -0.05) is 65.8 Å². The molecular formula is C28H27F3N2O3. The Morgan fingerprint density at radius 1 is 0.861 bits per heavy atom. The van der Waals surface area contributed by atoms with Gasteiger partial charge in [0.2, 0.25) is 0 Å². The van der Waals surface area contributed by atoms with Crippen molar-refractivity contribution in [3.8, 4) is 5.75 Å². The Bertz CT molecular complexity index is 1100. The first-order valence-corrected chi connectivity index (χ1v) is 11.8. The third-order valence-electron chi connectivity index (χ3n) is 5.99. The van der Waals surface area contributed by atoms with Gasteiger partial charge in [0.15, 0.2) is 11.9 Å². The van der Waals surface area contributed by atoms with E-state index in [1.165, 1.54) is 12.1 Å². The second kappa shape index (κ2) is 11.9. The standard InChI is InChI=1S/C28H27F3N2O3/c29-28(30,31)35-25-13-11-21(12-14-25)26(34)17-20-33-18-15-24(16-19-33)32-36-27(22-7-3-1-4-8-22)23-9-5-2-6-10-23/h1-14,27H,15-20H2. The Kier molecular flexibility index (Phi) is 8.38. The van der Waals surface area contributed by atoms with E-state index < -0.39 is 6.36 Å². The van der Waals surface area contributed by atoms with Crippen molar-refractivity contribution in [2.45, 2.75) is 31.7 Å². The minimum atomic E-state index is -4.75. The van der Waals surface area contributed by atoms with E-state index in [0.29, 0.717) is 12.1 Å². The average Bonchev–Trinajstić information content (AvgIpc) is 2.89. The lowest BCUT2D eigenvalue weighted by atomic mass is 10.0. The van der Waals surface area contributed by atoms with Gasteiger partial charge in [0, 0.05) is 44.5 Å². The largest absolute Gasteiger partial charge is 0.573 e. The summed E-state index contributed by atoms with van der Waals surface area (Å²) in [6.07, 6.45) is -3.27. The van der Waals surface area contributed by atoms with Crippen LogP contribution < -0.4 is 4.74 Å². The van der Waals surface area contributed by atoms with Crippen molar-refractivity contribution in [3.05, 3.63) is 102 Å². The van der Waals surface area contributed by atoms with Crippen LogP contribution in [0.15, 0.2) is 90.1 Å². The monoisotopic (exact) mass is 496 g/mol. The lowest BCUT2D eigenvalue weighted by Gasteiger charge is -2.27. The number of hydrogen-bond acceptors (Lipinski definition) is 5. The highest BCUT2D eigenvalue weighted by atomic mass is 19.4. The number of likely N-dealkylation sites (tertiary alicyclic amines) is 1. The van der Waals surface area contributed by atoms with Gasteiger partial charge in [0.05, 0.1) is 5.71 Å². The van der Waals surface area contributed by atoms with Gasteiger partial charge in [-0.15, -0.1) is 13.2 Å². The topological polar surface area (TPSA) is 51.1 Å². The summed E-state index contributed by atoms with van der Waals surface area (Å²) in [5.74, 6) is -0.462. The van der Waals surface area contributed by atoms with E-state index in [1.807, 2.05) is 60.7 Å². The molecule has 0 aliphatic carbocycles. The molecule has 0 amide bonds. The summed E-state index contributed by atoms with van der Waals surface area (Å²) in [5.41, 5.74) is 3.41. The zero-order chi connectivity index (χ0) is 25.4. The van der Waals surface area contributed by atoms with Crippen LogP contribution in [0.4, 0.5) is 13.2 Å². The van der Waals surface area contributed by atoms with Crippen LogP contribution in [0.1, 0.15) is 46.9 Å². The number of piperidine rings is 1. The predicted octanol–water partition coefficient (Wildman–Crippen LogP) is 6.42. The number of rotatable bonds is 9. The van der Waals surface area contributed by atoms with Gasteiger partial charge in [0.25, 0.3) is 0 Å². The van der Waals surface area contributed by atoms with Gasteiger partial charge >= 0.3 is 6.36 Å². The van der Waals surface area contributed by atoms with Gasteiger partial charge in [-0.2, -0.15) is 0 Å². The molecule has 3 aromatic rings. The molecule has 0 N–H and O–H groups in total. The molecule has 0 aromatic heterocycles. The summed E-state index contributed by atoms with van der Waals surface area (Å²) < 4.78 is 40.7. The number of oxime groups is 1. The van der Waals surface area contributed by atoms with E-state index in [-0.39, 0.29) is 24.1 Å². The molecular weight excluding hydrogens is 469 g/mol. The Balaban J connectivity index is 1.27. The fraction of sp³-hybridized carbons (Fsp3) is 0.286. The van der Waals surface area contributed by atoms with Crippen LogP contribution in [-0.4, -0.2) is 42.4 Å². The fourth-order valence-electron chi connectivity index (χ4n) is 4.07. The molecule has 0 spiro atoms. The first kappa shape index (κ1) is 25.4. The Hall–Kier alpha value is -3.65. The van der Waals surface area contributed by atoms with Gasteiger partial charge in [-0.3, -0.25) is 4.79 Å². The lowest BCUT2D eigenvalue weighted by Crippen LogP contribution is -2.35. The number of nitrogens with zero attached hydrogens (tertiary/aromatic N) is 2. The molecule has 1 fully saturated rings. The SMILES string of the molecule is O=C(CCN1CCC(=NOC(c2ccccc2)c2ccccc2)CC1)c1ccc(OC(F)(F)F)cc1. The molecule has 0 radical (unpaired) electrons. The number of hydrogen-bond donors (Lipinski definition) is 0. The van der Waals surface area contributed by atoms with Crippen LogP contribution in [-0.2, 0) is 4.84 Å². The van der Waals surface area contributed by atoms with Crippen molar-refractivity contribution < 1.29 is 27.5 Å². The Morgan fingerprint density at radius 3 is 1.94 bits per heavy atom. The number of ether oxygens (including phenoxy) is 1. The summed E-state index contributed by atoms with van der Waals surface area (Å²) >= 11 is 0. The third-order valence-corrected chi connectivity index (χ3v) is 5.99. The maximum absolute atomic E-state index is 12.5. The van der Waals surface area contributed by atoms with Gasteiger partial charge in [0.1, 0.15) is 5.75 Å². The summed E-state index contributed by atoms with van der Waals surface area (Å²) in [4.78, 5) is 20.7. The molecule has 3 aromatic carbocycles. The minimum Gasteiger partial charge on any atom is -0.406 e. The van der Waals surface area contributed by atoms with Crippen molar-refractivity contribution in [1.29, 1.82) is 0 Å². The third kappa shape index (κ3) is 7.42. The van der Waals surface area contributed by atoms with Crippen LogP contribution in [0, 0.1) is 0 Å². The van der Waals surface area contributed by atoms with Crippen molar-refractivity contribution >= 4 is 11.5 Å². The second-order valence-electron chi connectivity index (χ2n) is 8.55. The highest BCUT2D eigenvalue weighted by molar-refractivity contribution is 5.96. The van der Waals surface area contributed by atoms with E-state index in [4.69, 9.17) is 4.84 Å². The molecule has 0 bridgehead atoms. The molecule has 5 nitrogen and oxygen atoms in total. The first-order chi connectivity index (χ1) is 17.4. The Morgan fingerprint density at radius 2 is 1.42 bits per heavy atom. The number of carbonyl (C=O) groups excluding carboxylic acids is 1. The van der Waals surface area contributed by atoms with E-state index >= 15 is 0 Å². The molecule has 1 aliphatic rings. The summed E-state index contributed by atoms with van der Waals surface area (Å²) in [6, 6.07) is 25.0. The molecule has 4 rings (SSSR count). The number of alkyl halides is 3. The van der Waals surface area contributed by atoms with E-state index in [0.717, 1.165) is 54.9 Å². The van der Waals surface area contributed by atoms with Gasteiger partial charge in [-0.05, 0) is 35.4 Å². The van der Waals surface area contributed by atoms with Crippen molar-refractivity contribution in [3.63, 3.8) is 0 Å². The highest BCUT2D eigenvalue weighted by Gasteiger charge is 2.31. The quantitative estimate of drug-likeness (QED) is 0.254. The number of halogens is 3. The van der Waals surface area contributed by atoms with E-state index in [2.05, 4.69) is 14.8 Å². The predicted molar refractivity (Wildman–Crippen MR) is 131 cm³/mol. The summed E-state index contributed by atoms with van der Waals surface area (Å²) in [6.45, 7) is 2.09. The second-order valence-corrected chi connectivity index (χ2v) is 8.55. The average molecular weight is 497 g/mol. The molecule has 0 saturated carbocycles. The molecule has 1 aliphatic heterocycles. The van der Waals surface area contributed by atoms with Crippen LogP contribution in [0.2, 0.25) is 0 Å². The maximum atomic E-state index is 12.5. The maximum Gasteiger partial charge on any atom is 0.573 e. The van der Waals surface area contributed by atoms with E-state index in [1.54, 1.807) is 0 Å². The Labute approximate surface area is 208 Å². The first-order valence-electron chi connectivity index (χ1n) is 11.8. The number of Topliss-reactive ketones (excluding diaryl/α,β-unsaturated/α-hetero) is 1.